The number of benzene rings is 2. The molecule has 1 aromatic heterocycles. The van der Waals surface area contributed by atoms with Gasteiger partial charge in [-0.1, -0.05) is 78.3 Å². The molecule has 0 nitrogen and oxygen atoms in total. The van der Waals surface area contributed by atoms with Crippen LogP contribution in [0.4, 0.5) is 0 Å². The summed E-state index contributed by atoms with van der Waals surface area (Å²) in [5, 5.41) is 2.06. The second-order valence-corrected chi connectivity index (χ2v) is 7.05. The minimum absolute atomic E-state index is 0.881. The molecule has 1 aliphatic carbocycles. The van der Waals surface area contributed by atoms with Gasteiger partial charge in [-0.2, -0.15) is 0 Å². The van der Waals surface area contributed by atoms with Crippen LogP contribution in [0.2, 0.25) is 0 Å². The molecule has 3 aromatic rings. The molecule has 0 radical (unpaired) electrons. The summed E-state index contributed by atoms with van der Waals surface area (Å²) in [5.74, 6) is 12.9. The van der Waals surface area contributed by atoms with Crippen LogP contribution >= 0.6 is 11.3 Å². The topological polar surface area (TPSA) is 0 Å². The summed E-state index contributed by atoms with van der Waals surface area (Å²) < 4.78 is 0. The second kappa shape index (κ2) is 7.92. The number of allylic oxidation sites excluding steroid dienone is 1. The summed E-state index contributed by atoms with van der Waals surface area (Å²) >= 11 is 1.69. The number of hydrogen-bond donors (Lipinski definition) is 0. The number of thiophene rings is 1. The van der Waals surface area contributed by atoms with Crippen LogP contribution in [0.1, 0.15) is 35.3 Å². The highest BCUT2D eigenvalue weighted by Crippen LogP contribution is 2.43. The lowest BCUT2D eigenvalue weighted by molar-refractivity contribution is 0.904. The first-order valence-electron chi connectivity index (χ1n) is 8.83. The van der Waals surface area contributed by atoms with Gasteiger partial charge in [0.25, 0.3) is 0 Å². The predicted octanol–water partition coefficient (Wildman–Crippen LogP) is 6.39. The largest absolute Gasteiger partial charge is 0.135 e. The molecule has 26 heavy (non-hydrogen) atoms. The molecule has 1 aliphatic rings. The Morgan fingerprint density at radius 1 is 0.731 bits per heavy atom. The fourth-order valence-electron chi connectivity index (χ4n) is 3.17. The van der Waals surface area contributed by atoms with E-state index in [0.717, 1.165) is 24.1 Å². The maximum Gasteiger partial charge on any atom is 0.0768 e. The van der Waals surface area contributed by atoms with E-state index in [1.807, 2.05) is 6.07 Å². The van der Waals surface area contributed by atoms with Gasteiger partial charge in [0.15, 0.2) is 0 Å². The highest BCUT2D eigenvalue weighted by molar-refractivity contribution is 7.10. The lowest BCUT2D eigenvalue weighted by Crippen LogP contribution is -1.79. The average molecular weight is 350 g/mol. The Balaban J connectivity index is 1.42. The molecule has 0 amide bonds. The molecule has 0 fully saturated rings. The van der Waals surface area contributed by atoms with E-state index in [4.69, 9.17) is 0 Å². The van der Waals surface area contributed by atoms with Crippen LogP contribution in [0.15, 0.2) is 72.1 Å². The van der Waals surface area contributed by atoms with E-state index in [9.17, 15) is 0 Å². The molecule has 0 bridgehead atoms. The lowest BCUT2D eigenvalue weighted by Gasteiger charge is -1.99. The lowest BCUT2D eigenvalue weighted by atomic mass is 10.0. The Labute approximate surface area is 159 Å². The third kappa shape index (κ3) is 3.50. The van der Waals surface area contributed by atoms with Gasteiger partial charge in [-0.25, -0.2) is 0 Å². The van der Waals surface area contributed by atoms with Gasteiger partial charge >= 0.3 is 0 Å². The summed E-state index contributed by atoms with van der Waals surface area (Å²) in [6.07, 6.45) is 4.87. The smallest absolute Gasteiger partial charge is 0.0768 e. The van der Waals surface area contributed by atoms with E-state index >= 15 is 0 Å². The number of hydrogen-bond acceptors (Lipinski definition) is 1. The molecule has 0 N–H and O–H groups in total. The van der Waals surface area contributed by atoms with Crippen LogP contribution in [-0.2, 0) is 0 Å². The van der Waals surface area contributed by atoms with Gasteiger partial charge < -0.3 is 0 Å². The van der Waals surface area contributed by atoms with Crippen molar-refractivity contribution < 1.29 is 0 Å². The van der Waals surface area contributed by atoms with Gasteiger partial charge in [-0.05, 0) is 51.8 Å². The maximum absolute atomic E-state index is 3.28. The highest BCUT2D eigenvalue weighted by Gasteiger charge is 2.21. The van der Waals surface area contributed by atoms with E-state index in [1.54, 1.807) is 11.3 Å². The van der Waals surface area contributed by atoms with E-state index in [0.29, 0.717) is 0 Å². The highest BCUT2D eigenvalue weighted by atomic mass is 32.1. The molecule has 0 saturated heterocycles. The third-order valence-corrected chi connectivity index (χ3v) is 5.16. The predicted molar refractivity (Wildman–Crippen MR) is 112 cm³/mol. The molecule has 4 rings (SSSR count). The minimum Gasteiger partial charge on any atom is -0.135 e. The van der Waals surface area contributed by atoms with Crippen LogP contribution in [0.25, 0.3) is 16.7 Å². The molecule has 0 spiro atoms. The van der Waals surface area contributed by atoms with Gasteiger partial charge in [0, 0.05) is 12.8 Å². The zero-order chi connectivity index (χ0) is 17.6. The standard InChI is InChI=1S/C25H18S/c1(3-5-12-20-13-11-19-26-20)2-4-6-14-21-22-15-7-9-17-24(22)25-18-10-8-16-23(21)25/h7-11,13-19H,1-3H2. The normalized spacial score (nSPS) is 10.8. The first kappa shape index (κ1) is 16.5. The van der Waals surface area contributed by atoms with Crippen LogP contribution < -0.4 is 0 Å². The molecule has 1 heterocycles. The van der Waals surface area contributed by atoms with Crippen LogP contribution in [0, 0.1) is 23.7 Å². The van der Waals surface area contributed by atoms with Gasteiger partial charge in [0.05, 0.1) is 4.88 Å². The van der Waals surface area contributed by atoms with Gasteiger partial charge in [0.2, 0.25) is 0 Å². The van der Waals surface area contributed by atoms with Crippen molar-refractivity contribution in [3.8, 4) is 34.8 Å². The van der Waals surface area contributed by atoms with Crippen molar-refractivity contribution in [2.75, 3.05) is 0 Å². The van der Waals surface area contributed by atoms with E-state index < -0.39 is 0 Å². The quantitative estimate of drug-likeness (QED) is 0.290. The molecule has 2 aromatic carbocycles. The molecule has 0 unspecified atom stereocenters. The van der Waals surface area contributed by atoms with E-state index in [1.165, 1.54) is 27.8 Å². The molecular weight excluding hydrogens is 332 g/mol. The molecule has 0 aliphatic heterocycles. The average Bonchev–Trinajstić information content (AvgIpc) is 3.31. The second-order valence-electron chi connectivity index (χ2n) is 6.10. The molecule has 0 atom stereocenters. The minimum atomic E-state index is 0.881. The Morgan fingerprint density at radius 2 is 1.38 bits per heavy atom. The summed E-state index contributed by atoms with van der Waals surface area (Å²) in [4.78, 5) is 1.14. The Morgan fingerprint density at radius 3 is 2.04 bits per heavy atom. The fourth-order valence-corrected chi connectivity index (χ4v) is 3.76. The van der Waals surface area contributed by atoms with Crippen LogP contribution in [0.3, 0.4) is 0 Å². The Bertz CT molecular complexity index is 1010. The van der Waals surface area contributed by atoms with Gasteiger partial charge in [-0.3, -0.25) is 0 Å². The SMILES string of the molecule is C(#CCCCC#Cc1cccs1)C=C1c2ccccc2-c2ccccc21. The van der Waals surface area contributed by atoms with Crippen LogP contribution in [-0.4, -0.2) is 0 Å². The zero-order valence-corrected chi connectivity index (χ0v) is 15.3. The van der Waals surface area contributed by atoms with E-state index in [2.05, 4.69) is 89.7 Å². The van der Waals surface area contributed by atoms with Crippen LogP contribution in [0.5, 0.6) is 0 Å². The molecule has 0 saturated carbocycles. The molecular formula is C25H18S. The summed E-state index contributed by atoms with van der Waals surface area (Å²) in [7, 11) is 0. The van der Waals surface area contributed by atoms with Crippen molar-refractivity contribution in [3.05, 3.63) is 88.1 Å². The van der Waals surface area contributed by atoms with Crippen molar-refractivity contribution in [3.63, 3.8) is 0 Å². The summed E-state index contributed by atoms with van der Waals surface area (Å²) in [6.45, 7) is 0. The molecule has 124 valence electrons. The summed E-state index contributed by atoms with van der Waals surface area (Å²) in [6, 6.07) is 21.2. The first-order valence-corrected chi connectivity index (χ1v) is 9.71. The van der Waals surface area contributed by atoms with Gasteiger partial charge in [-0.15, -0.1) is 11.3 Å². The first-order chi connectivity index (χ1) is 12.9. The fraction of sp³-hybridized carbons (Fsp3) is 0.120. The maximum atomic E-state index is 3.28. The molecule has 1 heteroatoms. The summed E-state index contributed by atoms with van der Waals surface area (Å²) in [5.41, 5.74) is 6.41. The number of rotatable bonds is 2. The Hall–Kier alpha value is -3.00. The third-order valence-electron chi connectivity index (χ3n) is 4.38. The van der Waals surface area contributed by atoms with Crippen molar-refractivity contribution >= 4 is 16.9 Å². The number of unbranched alkanes of at least 4 members (excludes halogenated alkanes) is 2. The number of fused-ring (bicyclic) bond motifs is 3. The Kier molecular flexibility index (Phi) is 5.02. The van der Waals surface area contributed by atoms with Crippen molar-refractivity contribution in [1.82, 2.24) is 0 Å². The van der Waals surface area contributed by atoms with E-state index in [-0.39, 0.29) is 0 Å². The van der Waals surface area contributed by atoms with Crippen molar-refractivity contribution in [2.24, 2.45) is 0 Å². The van der Waals surface area contributed by atoms with Gasteiger partial charge in [0.1, 0.15) is 0 Å². The zero-order valence-electron chi connectivity index (χ0n) is 14.5. The monoisotopic (exact) mass is 350 g/mol. The van der Waals surface area contributed by atoms with Crippen molar-refractivity contribution in [2.45, 2.75) is 19.3 Å². The van der Waals surface area contributed by atoms with Crippen molar-refractivity contribution in [1.29, 1.82) is 0 Å².